The van der Waals surface area contributed by atoms with Crippen molar-refractivity contribution in [2.24, 2.45) is 0 Å². The standard InChI is InChI=1S/C10H12ClF2NO2S/c1-7(6-11)14(2)17(15,16)10-5-8(12)3-4-9(10)13/h3-5,7H,6H2,1-2H3. The lowest BCUT2D eigenvalue weighted by Crippen LogP contribution is -2.36. The maximum absolute atomic E-state index is 13.4. The lowest BCUT2D eigenvalue weighted by molar-refractivity contribution is 0.409. The molecule has 1 atom stereocenters. The van der Waals surface area contributed by atoms with Crippen LogP contribution in [0.3, 0.4) is 0 Å². The van der Waals surface area contributed by atoms with Crippen molar-refractivity contribution in [1.29, 1.82) is 0 Å². The molecular weight excluding hydrogens is 272 g/mol. The zero-order valence-corrected chi connectivity index (χ0v) is 10.9. The van der Waals surface area contributed by atoms with Crippen LogP contribution in [0.1, 0.15) is 6.92 Å². The van der Waals surface area contributed by atoms with Crippen molar-refractivity contribution in [3.8, 4) is 0 Å². The summed E-state index contributed by atoms with van der Waals surface area (Å²) in [5.41, 5.74) is 0. The predicted octanol–water partition coefficient (Wildman–Crippen LogP) is 2.21. The summed E-state index contributed by atoms with van der Waals surface area (Å²) >= 11 is 5.54. The van der Waals surface area contributed by atoms with Gasteiger partial charge in [-0.2, -0.15) is 4.31 Å². The zero-order chi connectivity index (χ0) is 13.2. The van der Waals surface area contributed by atoms with Crippen LogP contribution in [-0.4, -0.2) is 31.7 Å². The molecule has 0 fully saturated rings. The molecule has 0 saturated heterocycles. The minimum Gasteiger partial charge on any atom is -0.207 e. The Balaban J connectivity index is 3.26. The van der Waals surface area contributed by atoms with Crippen LogP contribution in [0.2, 0.25) is 0 Å². The molecule has 96 valence electrons. The van der Waals surface area contributed by atoms with Crippen LogP contribution in [-0.2, 0) is 10.0 Å². The van der Waals surface area contributed by atoms with Gasteiger partial charge >= 0.3 is 0 Å². The highest BCUT2D eigenvalue weighted by Crippen LogP contribution is 2.21. The second-order valence-corrected chi connectivity index (χ2v) is 5.87. The normalized spacial score (nSPS) is 14.0. The number of halogens is 3. The number of sulfonamides is 1. The lowest BCUT2D eigenvalue weighted by Gasteiger charge is -2.22. The Kier molecular flexibility index (Phi) is 4.46. The molecule has 0 aromatic heterocycles. The van der Waals surface area contributed by atoms with Gasteiger partial charge in [-0.15, -0.1) is 11.6 Å². The molecule has 1 rings (SSSR count). The first-order valence-electron chi connectivity index (χ1n) is 4.79. The Morgan fingerprint density at radius 3 is 2.53 bits per heavy atom. The maximum atomic E-state index is 13.4. The highest BCUT2D eigenvalue weighted by molar-refractivity contribution is 7.89. The van der Waals surface area contributed by atoms with Gasteiger partial charge in [0.25, 0.3) is 0 Å². The molecule has 1 aromatic rings. The monoisotopic (exact) mass is 283 g/mol. The number of hydrogen-bond donors (Lipinski definition) is 0. The van der Waals surface area contributed by atoms with Crippen LogP contribution in [0.15, 0.2) is 23.1 Å². The fraction of sp³-hybridized carbons (Fsp3) is 0.400. The van der Waals surface area contributed by atoms with E-state index in [1.54, 1.807) is 6.92 Å². The summed E-state index contributed by atoms with van der Waals surface area (Å²) in [5.74, 6) is -1.73. The average molecular weight is 284 g/mol. The van der Waals surface area contributed by atoms with Gasteiger partial charge < -0.3 is 0 Å². The third-order valence-corrected chi connectivity index (χ3v) is 4.83. The van der Waals surface area contributed by atoms with Gasteiger partial charge in [0.05, 0.1) is 0 Å². The molecule has 1 aromatic carbocycles. The van der Waals surface area contributed by atoms with E-state index in [1.807, 2.05) is 0 Å². The number of alkyl halides is 1. The first-order valence-corrected chi connectivity index (χ1v) is 6.77. The van der Waals surface area contributed by atoms with Crippen molar-refractivity contribution in [3.63, 3.8) is 0 Å². The van der Waals surface area contributed by atoms with Crippen LogP contribution in [0.25, 0.3) is 0 Å². The van der Waals surface area contributed by atoms with E-state index in [-0.39, 0.29) is 5.88 Å². The third kappa shape index (κ3) is 2.94. The molecule has 0 saturated carbocycles. The van der Waals surface area contributed by atoms with Crippen molar-refractivity contribution in [2.45, 2.75) is 17.9 Å². The van der Waals surface area contributed by atoms with E-state index in [9.17, 15) is 17.2 Å². The Bertz CT molecular complexity index is 507. The highest BCUT2D eigenvalue weighted by atomic mass is 35.5. The topological polar surface area (TPSA) is 37.4 Å². The molecule has 1 unspecified atom stereocenters. The van der Waals surface area contributed by atoms with Crippen molar-refractivity contribution in [1.82, 2.24) is 4.31 Å². The first kappa shape index (κ1) is 14.3. The van der Waals surface area contributed by atoms with Gasteiger partial charge in [0, 0.05) is 19.0 Å². The summed E-state index contributed by atoms with van der Waals surface area (Å²) in [6, 6.07) is 1.78. The highest BCUT2D eigenvalue weighted by Gasteiger charge is 2.28. The molecule has 0 spiro atoms. The second-order valence-electron chi connectivity index (χ2n) is 3.60. The molecule has 7 heteroatoms. The molecule has 3 nitrogen and oxygen atoms in total. The Hall–Kier alpha value is -0.720. The fourth-order valence-electron chi connectivity index (χ4n) is 1.16. The van der Waals surface area contributed by atoms with Gasteiger partial charge in [0.15, 0.2) is 0 Å². The summed E-state index contributed by atoms with van der Waals surface area (Å²) in [6.07, 6.45) is 0. The summed E-state index contributed by atoms with van der Waals surface area (Å²) in [6.45, 7) is 1.57. The zero-order valence-electron chi connectivity index (χ0n) is 9.32. The van der Waals surface area contributed by atoms with E-state index in [1.165, 1.54) is 7.05 Å². The molecule has 0 bridgehead atoms. The van der Waals surface area contributed by atoms with Crippen molar-refractivity contribution in [2.75, 3.05) is 12.9 Å². The smallest absolute Gasteiger partial charge is 0.207 e. The van der Waals surface area contributed by atoms with Crippen molar-refractivity contribution in [3.05, 3.63) is 29.8 Å². The van der Waals surface area contributed by atoms with E-state index in [0.717, 1.165) is 16.4 Å². The summed E-state index contributed by atoms with van der Waals surface area (Å²) in [4.78, 5) is -0.683. The first-order chi connectivity index (χ1) is 7.80. The van der Waals surface area contributed by atoms with E-state index in [0.29, 0.717) is 6.07 Å². The molecular formula is C10H12ClF2NO2S. The van der Waals surface area contributed by atoms with Gasteiger partial charge in [-0.1, -0.05) is 0 Å². The number of benzene rings is 1. The molecule has 0 aliphatic heterocycles. The van der Waals surface area contributed by atoms with E-state index >= 15 is 0 Å². The number of rotatable bonds is 4. The molecule has 0 heterocycles. The van der Waals surface area contributed by atoms with Gasteiger partial charge in [-0.3, -0.25) is 0 Å². The Morgan fingerprint density at radius 2 is 2.00 bits per heavy atom. The lowest BCUT2D eigenvalue weighted by atomic mass is 10.3. The van der Waals surface area contributed by atoms with Crippen LogP contribution < -0.4 is 0 Å². The van der Waals surface area contributed by atoms with Gasteiger partial charge in [0.2, 0.25) is 10.0 Å². The number of hydrogen-bond acceptors (Lipinski definition) is 2. The molecule has 0 aliphatic carbocycles. The average Bonchev–Trinajstić information content (AvgIpc) is 2.30. The summed E-state index contributed by atoms with van der Waals surface area (Å²) < 4.78 is 51.2. The summed E-state index contributed by atoms with van der Waals surface area (Å²) in [5, 5.41) is 0. The second kappa shape index (κ2) is 5.29. The Labute approximate surface area is 104 Å². The quantitative estimate of drug-likeness (QED) is 0.795. The van der Waals surface area contributed by atoms with Gasteiger partial charge in [-0.25, -0.2) is 17.2 Å². The Morgan fingerprint density at radius 1 is 1.41 bits per heavy atom. The van der Waals surface area contributed by atoms with E-state index < -0.39 is 32.6 Å². The largest absolute Gasteiger partial charge is 0.246 e. The van der Waals surface area contributed by atoms with Crippen molar-refractivity contribution >= 4 is 21.6 Å². The minimum absolute atomic E-state index is 0.0622. The molecule has 0 aliphatic rings. The van der Waals surface area contributed by atoms with Gasteiger partial charge in [0.1, 0.15) is 16.5 Å². The number of nitrogens with zero attached hydrogens (tertiary/aromatic N) is 1. The van der Waals surface area contributed by atoms with Crippen LogP contribution in [0, 0.1) is 11.6 Å². The SMILES string of the molecule is CC(CCl)N(C)S(=O)(=O)c1cc(F)ccc1F. The van der Waals surface area contributed by atoms with E-state index in [4.69, 9.17) is 11.6 Å². The fourth-order valence-corrected chi connectivity index (χ4v) is 2.89. The third-order valence-electron chi connectivity index (χ3n) is 2.39. The predicted molar refractivity (Wildman–Crippen MR) is 61.5 cm³/mol. The molecule has 0 amide bonds. The van der Waals surface area contributed by atoms with Gasteiger partial charge in [-0.05, 0) is 25.1 Å². The molecule has 17 heavy (non-hydrogen) atoms. The van der Waals surface area contributed by atoms with Crippen LogP contribution in [0.4, 0.5) is 8.78 Å². The molecule has 0 radical (unpaired) electrons. The molecule has 0 N–H and O–H groups in total. The summed E-state index contributed by atoms with van der Waals surface area (Å²) in [7, 11) is -2.80. The maximum Gasteiger partial charge on any atom is 0.246 e. The van der Waals surface area contributed by atoms with Crippen LogP contribution >= 0.6 is 11.6 Å². The van der Waals surface area contributed by atoms with Crippen molar-refractivity contribution < 1.29 is 17.2 Å². The van der Waals surface area contributed by atoms with E-state index in [2.05, 4.69) is 0 Å². The van der Waals surface area contributed by atoms with Crippen LogP contribution in [0.5, 0.6) is 0 Å². The minimum atomic E-state index is -4.07.